The highest BCUT2D eigenvalue weighted by molar-refractivity contribution is 5.77. The fraction of sp³-hybridized carbons (Fsp3) is 0.240. The molecule has 1 aliphatic rings. The number of halogens is 2. The number of hydrogen-bond donors (Lipinski definition) is 2. The number of anilines is 2. The first-order valence-electron chi connectivity index (χ1n) is 10.9. The molecule has 5 rings (SSSR count). The topological polar surface area (TPSA) is 75.9 Å². The fourth-order valence-electron chi connectivity index (χ4n) is 4.26. The van der Waals surface area contributed by atoms with Gasteiger partial charge >= 0.3 is 0 Å². The first-order chi connectivity index (χ1) is 16.1. The zero-order chi connectivity index (χ0) is 22.8. The van der Waals surface area contributed by atoms with Crippen LogP contribution in [0.3, 0.4) is 0 Å². The summed E-state index contributed by atoms with van der Waals surface area (Å²) in [6.07, 6.45) is 6.31. The van der Waals surface area contributed by atoms with Crippen LogP contribution in [0.15, 0.2) is 67.1 Å². The molecule has 168 valence electrons. The molecule has 8 heteroatoms. The van der Waals surface area contributed by atoms with Gasteiger partial charge in [0.1, 0.15) is 11.6 Å². The number of benzene rings is 2. The highest BCUT2D eigenvalue weighted by Gasteiger charge is 2.26. The van der Waals surface area contributed by atoms with E-state index in [-0.39, 0.29) is 23.8 Å². The van der Waals surface area contributed by atoms with Crippen LogP contribution in [0.2, 0.25) is 0 Å². The minimum absolute atomic E-state index is 0.175. The molecular formula is C25H23F2N5O. The molecule has 33 heavy (non-hydrogen) atoms. The van der Waals surface area contributed by atoms with Gasteiger partial charge in [-0.25, -0.2) is 23.7 Å². The summed E-state index contributed by atoms with van der Waals surface area (Å²) < 4.78 is 28.9. The van der Waals surface area contributed by atoms with Gasteiger partial charge < -0.3 is 15.0 Å². The number of hydrogen-bond acceptors (Lipinski definition) is 5. The summed E-state index contributed by atoms with van der Waals surface area (Å²) in [6, 6.07) is 14.2. The molecule has 2 N–H and O–H groups in total. The number of nitrogens with zero attached hydrogens (tertiary/aromatic N) is 4. The maximum absolute atomic E-state index is 13.5. The van der Waals surface area contributed by atoms with Crippen LogP contribution in [0, 0.1) is 11.6 Å². The van der Waals surface area contributed by atoms with Gasteiger partial charge in [0, 0.05) is 23.5 Å². The minimum atomic E-state index is -0.319. The summed E-state index contributed by atoms with van der Waals surface area (Å²) >= 11 is 0. The monoisotopic (exact) mass is 447 g/mol. The first kappa shape index (κ1) is 21.2. The van der Waals surface area contributed by atoms with Gasteiger partial charge in [-0.05, 0) is 80.3 Å². The lowest BCUT2D eigenvalue weighted by Gasteiger charge is -2.28. The Kier molecular flexibility index (Phi) is 5.83. The maximum Gasteiger partial charge on any atom is 0.227 e. The SMILES string of the molecule is O[C@H]1CC[C@@H](n2cnc(-c3ccc(F)cc3)c2-c2ccnc(Nc3ccc(F)cc3)n2)CC1. The van der Waals surface area contributed by atoms with Crippen LogP contribution in [0.5, 0.6) is 0 Å². The summed E-state index contributed by atoms with van der Waals surface area (Å²) in [6.45, 7) is 0. The second-order valence-electron chi connectivity index (χ2n) is 8.22. The molecule has 1 aliphatic carbocycles. The zero-order valence-electron chi connectivity index (χ0n) is 17.8. The van der Waals surface area contributed by atoms with Gasteiger partial charge in [-0.1, -0.05) is 0 Å². The molecule has 4 aromatic rings. The van der Waals surface area contributed by atoms with Crippen molar-refractivity contribution in [3.05, 3.63) is 78.8 Å². The average molecular weight is 447 g/mol. The Morgan fingerprint density at radius 3 is 2.21 bits per heavy atom. The van der Waals surface area contributed by atoms with E-state index in [1.807, 2.05) is 6.07 Å². The molecule has 0 radical (unpaired) electrons. The van der Waals surface area contributed by atoms with E-state index >= 15 is 0 Å². The molecule has 2 aromatic carbocycles. The maximum atomic E-state index is 13.5. The lowest BCUT2D eigenvalue weighted by molar-refractivity contribution is 0.111. The third-order valence-corrected chi connectivity index (χ3v) is 5.97. The Morgan fingerprint density at radius 1 is 0.848 bits per heavy atom. The van der Waals surface area contributed by atoms with Crippen LogP contribution in [0.1, 0.15) is 31.7 Å². The van der Waals surface area contributed by atoms with Crippen LogP contribution in [-0.2, 0) is 0 Å². The Labute approximate surface area is 190 Å². The van der Waals surface area contributed by atoms with Crippen molar-refractivity contribution in [1.29, 1.82) is 0 Å². The van der Waals surface area contributed by atoms with Crippen LogP contribution in [0.25, 0.3) is 22.6 Å². The van der Waals surface area contributed by atoms with E-state index in [4.69, 9.17) is 4.98 Å². The zero-order valence-corrected chi connectivity index (χ0v) is 17.8. The van der Waals surface area contributed by atoms with E-state index in [2.05, 4.69) is 19.9 Å². The van der Waals surface area contributed by atoms with Gasteiger partial charge in [0.2, 0.25) is 5.95 Å². The van der Waals surface area contributed by atoms with Crippen LogP contribution in [0.4, 0.5) is 20.4 Å². The third-order valence-electron chi connectivity index (χ3n) is 5.97. The molecular weight excluding hydrogens is 424 g/mol. The van der Waals surface area contributed by atoms with Crippen LogP contribution < -0.4 is 5.32 Å². The number of nitrogens with one attached hydrogen (secondary N) is 1. The summed E-state index contributed by atoms with van der Waals surface area (Å²) in [7, 11) is 0. The highest BCUT2D eigenvalue weighted by atomic mass is 19.1. The van der Waals surface area contributed by atoms with E-state index < -0.39 is 0 Å². The van der Waals surface area contributed by atoms with Crippen LogP contribution >= 0.6 is 0 Å². The van der Waals surface area contributed by atoms with Gasteiger partial charge in [-0.2, -0.15) is 0 Å². The van der Waals surface area contributed by atoms with Crippen molar-refractivity contribution in [2.75, 3.05) is 5.32 Å². The lowest BCUT2D eigenvalue weighted by Crippen LogP contribution is -2.21. The van der Waals surface area contributed by atoms with Gasteiger partial charge in [0.05, 0.1) is 29.5 Å². The van der Waals surface area contributed by atoms with E-state index in [9.17, 15) is 13.9 Å². The molecule has 2 aromatic heterocycles. The van der Waals surface area contributed by atoms with Crippen molar-refractivity contribution in [3.8, 4) is 22.6 Å². The van der Waals surface area contributed by atoms with Crippen molar-refractivity contribution in [1.82, 2.24) is 19.5 Å². The second kappa shape index (κ2) is 9.07. The van der Waals surface area contributed by atoms with Gasteiger partial charge in [-0.3, -0.25) is 0 Å². The minimum Gasteiger partial charge on any atom is -0.393 e. The smallest absolute Gasteiger partial charge is 0.227 e. The van der Waals surface area contributed by atoms with E-state index in [1.54, 1.807) is 36.8 Å². The first-order valence-corrected chi connectivity index (χ1v) is 10.9. The molecule has 2 heterocycles. The Morgan fingerprint density at radius 2 is 1.52 bits per heavy atom. The summed E-state index contributed by atoms with van der Waals surface area (Å²) in [5.41, 5.74) is 3.63. The van der Waals surface area contributed by atoms with Crippen molar-refractivity contribution >= 4 is 11.6 Å². The number of aliphatic hydroxyl groups excluding tert-OH is 1. The predicted molar refractivity (Wildman–Crippen MR) is 122 cm³/mol. The van der Waals surface area contributed by atoms with Crippen molar-refractivity contribution in [2.45, 2.75) is 37.8 Å². The molecule has 6 nitrogen and oxygen atoms in total. The van der Waals surface area contributed by atoms with E-state index in [1.165, 1.54) is 24.3 Å². The normalized spacial score (nSPS) is 18.3. The Balaban J connectivity index is 1.56. The van der Waals surface area contributed by atoms with Gasteiger partial charge in [0.25, 0.3) is 0 Å². The van der Waals surface area contributed by atoms with Gasteiger partial charge in [0.15, 0.2) is 0 Å². The molecule has 0 aliphatic heterocycles. The number of aliphatic hydroxyl groups is 1. The number of rotatable bonds is 5. The van der Waals surface area contributed by atoms with Crippen molar-refractivity contribution in [3.63, 3.8) is 0 Å². The summed E-state index contributed by atoms with van der Waals surface area (Å²) in [5, 5.41) is 13.1. The highest BCUT2D eigenvalue weighted by Crippen LogP contribution is 2.37. The molecule has 0 atom stereocenters. The molecule has 1 fully saturated rings. The largest absolute Gasteiger partial charge is 0.393 e. The quantitative estimate of drug-likeness (QED) is 0.422. The van der Waals surface area contributed by atoms with Crippen LogP contribution in [-0.4, -0.2) is 30.7 Å². The van der Waals surface area contributed by atoms with Crippen molar-refractivity contribution < 1.29 is 13.9 Å². The predicted octanol–water partition coefficient (Wildman–Crippen LogP) is 5.50. The average Bonchev–Trinajstić information content (AvgIpc) is 3.27. The number of imidazole rings is 1. The molecule has 0 bridgehead atoms. The molecule has 1 saturated carbocycles. The van der Waals surface area contributed by atoms with E-state index in [0.29, 0.717) is 23.0 Å². The molecule has 0 spiro atoms. The summed E-state index contributed by atoms with van der Waals surface area (Å²) in [4.78, 5) is 13.7. The lowest BCUT2D eigenvalue weighted by atomic mass is 9.92. The Hall–Kier alpha value is -3.65. The fourth-order valence-corrected chi connectivity index (χ4v) is 4.26. The molecule has 0 amide bonds. The molecule has 0 saturated heterocycles. The number of aromatic nitrogens is 4. The third kappa shape index (κ3) is 4.61. The standard InChI is InChI=1S/C25H23F2N5O/c26-17-3-1-16(2-4-17)23-24(32(15-29-23)20-9-11-21(33)12-10-20)22-13-14-28-25(31-22)30-19-7-5-18(27)6-8-19/h1-8,13-15,20-21,33H,9-12H2,(H,28,30,31)/t20-,21+. The summed E-state index contributed by atoms with van der Waals surface area (Å²) in [5.74, 6) is -0.259. The van der Waals surface area contributed by atoms with Crippen molar-refractivity contribution in [2.24, 2.45) is 0 Å². The van der Waals surface area contributed by atoms with E-state index in [0.717, 1.165) is 36.9 Å². The van der Waals surface area contributed by atoms with Gasteiger partial charge in [-0.15, -0.1) is 0 Å². The molecule has 0 unspecified atom stereocenters. The second-order valence-corrected chi connectivity index (χ2v) is 8.22. The Bertz CT molecular complexity index is 1230.